The van der Waals surface area contributed by atoms with Crippen LogP contribution >= 0.6 is 7.82 Å². The number of nitrogens with one attached hydrogen (secondary N) is 1. The summed E-state index contributed by atoms with van der Waals surface area (Å²) in [6.07, 6.45) is 93.2. The summed E-state index contributed by atoms with van der Waals surface area (Å²) in [5, 5.41) is 14.1. The second-order valence-electron chi connectivity index (χ2n) is 27.0. The molecule has 0 spiro atoms. The van der Waals surface area contributed by atoms with Crippen LogP contribution in [0.3, 0.4) is 0 Å². The van der Waals surface area contributed by atoms with Gasteiger partial charge in [0.25, 0.3) is 7.82 Å². The number of likely N-dealkylation sites (N-methyl/N-ethyl adjacent to an activating group) is 1. The Morgan fingerprint density at radius 2 is 0.709 bits per heavy atom. The van der Waals surface area contributed by atoms with Gasteiger partial charge >= 0.3 is 0 Å². The lowest BCUT2D eigenvalue weighted by Gasteiger charge is -2.30. The minimum Gasteiger partial charge on any atom is -0.756 e. The van der Waals surface area contributed by atoms with E-state index in [9.17, 15) is 19.4 Å². The molecule has 86 heavy (non-hydrogen) atoms. The number of hydrogen-bond acceptors (Lipinski definition) is 6. The van der Waals surface area contributed by atoms with Gasteiger partial charge < -0.3 is 28.8 Å². The van der Waals surface area contributed by atoms with E-state index >= 15 is 0 Å². The van der Waals surface area contributed by atoms with Gasteiger partial charge in [-0.2, -0.15) is 0 Å². The van der Waals surface area contributed by atoms with Gasteiger partial charge in [-0.3, -0.25) is 9.36 Å². The highest BCUT2D eigenvalue weighted by atomic mass is 31.2. The van der Waals surface area contributed by atoms with Crippen LogP contribution in [-0.2, 0) is 18.4 Å². The number of unbranched alkanes of at least 4 members (excludes halogenated alkanes) is 47. The number of amides is 1. The predicted molar refractivity (Wildman–Crippen MR) is 376 cm³/mol. The van der Waals surface area contributed by atoms with Gasteiger partial charge in [-0.15, -0.1) is 0 Å². The minimum atomic E-state index is -4.58. The highest BCUT2D eigenvalue weighted by molar-refractivity contribution is 7.45. The van der Waals surface area contributed by atoms with E-state index in [1.807, 2.05) is 21.1 Å². The van der Waals surface area contributed by atoms with Gasteiger partial charge in [-0.25, -0.2) is 0 Å². The number of nitrogens with zero attached hydrogens (tertiary/aromatic N) is 1. The van der Waals surface area contributed by atoms with E-state index in [0.717, 1.165) is 70.6 Å². The molecule has 0 rings (SSSR count). The molecule has 1 amide bonds. The number of phosphoric ester groups is 1. The summed E-state index contributed by atoms with van der Waals surface area (Å²) in [4.78, 5) is 25.7. The van der Waals surface area contributed by atoms with Crippen molar-refractivity contribution in [3.8, 4) is 0 Å². The van der Waals surface area contributed by atoms with E-state index in [1.54, 1.807) is 0 Å². The smallest absolute Gasteiger partial charge is 0.268 e. The standard InChI is InChI=1S/C77H147N2O6P/c1-6-8-10-12-14-16-18-20-22-24-26-28-30-32-34-36-37-38-39-40-41-43-45-47-49-51-53-55-57-59-61-63-65-67-69-71-77(81)78-75(74-85-86(82,83)84-73-72-79(3,4)5)76(80)70-68-66-64-62-60-58-56-54-52-50-48-46-44-42-35-33-31-29-27-25-23-21-19-17-15-13-11-9-7-2/h8,10,14,16,20,22,26,28,32,34,75-76,80H,6-7,9,11-13,15,17-19,21,23-25,27,29-31,33,35-74H2,1-5H3,(H-,78,81,82,83)/b10-8-,16-14-,22-20-,28-26-,34-32-. The number of carbonyl (C=O) groups is 1. The summed E-state index contributed by atoms with van der Waals surface area (Å²) in [6, 6.07) is -0.803. The number of allylic oxidation sites excluding steroid dienone is 10. The highest BCUT2D eigenvalue weighted by Crippen LogP contribution is 2.38. The quantitative estimate of drug-likeness (QED) is 0.0272. The molecular formula is C77H147N2O6P. The van der Waals surface area contributed by atoms with Crippen molar-refractivity contribution in [2.45, 2.75) is 386 Å². The minimum absolute atomic E-state index is 0.0132. The van der Waals surface area contributed by atoms with E-state index in [2.05, 4.69) is 79.9 Å². The summed E-state index contributed by atoms with van der Waals surface area (Å²) in [7, 11) is 1.32. The summed E-state index contributed by atoms with van der Waals surface area (Å²) >= 11 is 0. The first-order valence-corrected chi connectivity index (χ1v) is 39.1. The molecule has 0 heterocycles. The van der Waals surface area contributed by atoms with E-state index in [1.165, 1.54) is 276 Å². The molecule has 0 aromatic heterocycles. The van der Waals surface area contributed by atoms with Crippen LogP contribution in [0.4, 0.5) is 0 Å². The second-order valence-corrected chi connectivity index (χ2v) is 28.4. The molecule has 506 valence electrons. The Bertz CT molecular complexity index is 1590. The third kappa shape index (κ3) is 69.7. The van der Waals surface area contributed by atoms with Crippen LogP contribution in [0.1, 0.15) is 373 Å². The van der Waals surface area contributed by atoms with E-state index in [4.69, 9.17) is 9.05 Å². The Morgan fingerprint density at radius 3 is 1.03 bits per heavy atom. The summed E-state index contributed by atoms with van der Waals surface area (Å²) < 4.78 is 23.6. The summed E-state index contributed by atoms with van der Waals surface area (Å²) in [6.45, 7) is 4.66. The van der Waals surface area contributed by atoms with Crippen LogP contribution in [0.5, 0.6) is 0 Å². The molecule has 0 aromatic carbocycles. The predicted octanol–water partition coefficient (Wildman–Crippen LogP) is 23.7. The van der Waals surface area contributed by atoms with Crippen LogP contribution in [0.25, 0.3) is 0 Å². The zero-order chi connectivity index (χ0) is 62.6. The van der Waals surface area contributed by atoms with Crippen molar-refractivity contribution in [3.63, 3.8) is 0 Å². The number of rotatable bonds is 70. The van der Waals surface area contributed by atoms with Crippen molar-refractivity contribution in [1.82, 2.24) is 5.32 Å². The van der Waals surface area contributed by atoms with Crippen molar-refractivity contribution in [2.24, 2.45) is 0 Å². The molecule has 0 saturated carbocycles. The lowest BCUT2D eigenvalue weighted by Crippen LogP contribution is -2.46. The number of quaternary nitrogens is 1. The molecule has 0 aromatic rings. The number of phosphoric acid groups is 1. The topological polar surface area (TPSA) is 108 Å². The molecule has 9 heteroatoms. The number of hydrogen-bond donors (Lipinski definition) is 2. The molecule has 0 fully saturated rings. The monoisotopic (exact) mass is 1230 g/mol. The Balaban J connectivity index is 3.97. The lowest BCUT2D eigenvalue weighted by molar-refractivity contribution is -0.870. The van der Waals surface area contributed by atoms with E-state index in [-0.39, 0.29) is 19.1 Å². The Hall–Kier alpha value is -1.80. The van der Waals surface area contributed by atoms with Gasteiger partial charge in [-0.05, 0) is 57.8 Å². The molecular weight excluding hydrogens is 1080 g/mol. The molecule has 3 unspecified atom stereocenters. The molecule has 0 aliphatic rings. The Morgan fingerprint density at radius 1 is 0.419 bits per heavy atom. The van der Waals surface area contributed by atoms with Crippen LogP contribution in [0.15, 0.2) is 60.8 Å². The molecule has 0 radical (unpaired) electrons. The molecule has 3 atom stereocenters. The fourth-order valence-corrected chi connectivity index (χ4v) is 12.2. The average molecular weight is 1230 g/mol. The molecule has 0 aliphatic heterocycles. The van der Waals surface area contributed by atoms with E-state index < -0.39 is 20.0 Å². The molecule has 2 N–H and O–H groups in total. The first-order chi connectivity index (χ1) is 42.0. The van der Waals surface area contributed by atoms with Crippen molar-refractivity contribution in [1.29, 1.82) is 0 Å². The fraction of sp³-hybridized carbons (Fsp3) is 0.857. The average Bonchev–Trinajstić information content (AvgIpc) is 3.70. The highest BCUT2D eigenvalue weighted by Gasteiger charge is 2.24. The Labute approximate surface area is 536 Å². The number of carbonyl (C=O) groups excluding carboxylic acids is 1. The van der Waals surface area contributed by atoms with Crippen molar-refractivity contribution in [2.75, 3.05) is 40.9 Å². The normalized spacial score (nSPS) is 13.9. The molecule has 0 saturated heterocycles. The van der Waals surface area contributed by atoms with Crippen molar-refractivity contribution in [3.05, 3.63) is 60.8 Å². The maximum absolute atomic E-state index is 13.1. The second kappa shape index (κ2) is 67.6. The first kappa shape index (κ1) is 84.2. The first-order valence-electron chi connectivity index (χ1n) is 37.6. The summed E-state index contributed by atoms with van der Waals surface area (Å²) in [5.74, 6) is -0.158. The maximum atomic E-state index is 13.1. The maximum Gasteiger partial charge on any atom is 0.268 e. The van der Waals surface area contributed by atoms with Gasteiger partial charge in [0.2, 0.25) is 5.91 Å². The van der Waals surface area contributed by atoms with E-state index in [0.29, 0.717) is 23.9 Å². The van der Waals surface area contributed by atoms with Crippen LogP contribution in [-0.4, -0.2) is 68.5 Å². The third-order valence-electron chi connectivity index (χ3n) is 17.3. The van der Waals surface area contributed by atoms with Gasteiger partial charge in [0.1, 0.15) is 13.2 Å². The van der Waals surface area contributed by atoms with Crippen LogP contribution in [0, 0.1) is 0 Å². The third-order valence-corrected chi connectivity index (χ3v) is 18.2. The largest absolute Gasteiger partial charge is 0.756 e. The van der Waals surface area contributed by atoms with Crippen molar-refractivity contribution < 1.29 is 32.9 Å². The Kier molecular flexibility index (Phi) is 66.2. The van der Waals surface area contributed by atoms with Crippen LogP contribution in [0.2, 0.25) is 0 Å². The zero-order valence-electron chi connectivity index (χ0n) is 58.0. The lowest BCUT2D eigenvalue weighted by atomic mass is 10.0. The van der Waals surface area contributed by atoms with Crippen molar-refractivity contribution >= 4 is 13.7 Å². The number of aliphatic hydroxyl groups excluding tert-OH is 1. The van der Waals surface area contributed by atoms with Gasteiger partial charge in [0, 0.05) is 6.42 Å². The molecule has 0 bridgehead atoms. The number of aliphatic hydroxyl groups is 1. The van der Waals surface area contributed by atoms with Crippen LogP contribution < -0.4 is 10.2 Å². The zero-order valence-corrected chi connectivity index (χ0v) is 58.9. The van der Waals surface area contributed by atoms with Gasteiger partial charge in [-0.1, -0.05) is 370 Å². The SMILES string of the molecule is CC/C=C\C/C=C\C/C=C\C/C=C\C/C=C\CCCCCCCCCCCCCCCCCCCCCC(=O)NC(COP(=O)([O-])OCC[N+](C)(C)C)C(O)CCCCCCCCCCCCCCCCCCCCCCCCCCCCCCC. The molecule has 8 nitrogen and oxygen atoms in total. The molecule has 0 aliphatic carbocycles. The van der Waals surface area contributed by atoms with Gasteiger partial charge in [0.05, 0.1) is 39.9 Å². The summed E-state index contributed by atoms with van der Waals surface area (Å²) in [5.41, 5.74) is 0. The fourth-order valence-electron chi connectivity index (χ4n) is 11.5. The van der Waals surface area contributed by atoms with Gasteiger partial charge in [0.15, 0.2) is 0 Å².